The third-order valence-electron chi connectivity index (χ3n) is 4.27. The zero-order valence-electron chi connectivity index (χ0n) is 16.3. The summed E-state index contributed by atoms with van der Waals surface area (Å²) in [5, 5.41) is 6.34. The Morgan fingerprint density at radius 2 is 2.15 bits per heavy atom. The van der Waals surface area contributed by atoms with Crippen LogP contribution in [0.2, 0.25) is 0 Å². The molecule has 0 spiro atoms. The maximum absolute atomic E-state index is 14.3. The van der Waals surface area contributed by atoms with Crippen molar-refractivity contribution in [2.24, 2.45) is 10.9 Å². The lowest BCUT2D eigenvalue weighted by Crippen LogP contribution is -2.38. The minimum absolute atomic E-state index is 0.110. The molecule has 0 aliphatic heterocycles. The lowest BCUT2D eigenvalue weighted by molar-refractivity contribution is 0.285. The molecule has 1 fully saturated rings. The molecule has 6 nitrogen and oxygen atoms in total. The molecule has 1 saturated carbocycles. The van der Waals surface area contributed by atoms with Crippen molar-refractivity contribution in [1.29, 1.82) is 0 Å². The van der Waals surface area contributed by atoms with E-state index in [1.54, 1.807) is 6.07 Å². The van der Waals surface area contributed by atoms with Crippen molar-refractivity contribution in [2.75, 3.05) is 31.7 Å². The average Bonchev–Trinajstić information content (AvgIpc) is 3.41. The Bertz CT molecular complexity index is 749. The molecule has 0 radical (unpaired) electrons. The van der Waals surface area contributed by atoms with E-state index in [1.165, 1.54) is 12.3 Å². The SMILES string of the molecule is CCNC(=NCCCS(C)(=O)=O)NC(C)c1ccc(OCC2CC2)c(F)c1. The monoisotopic (exact) mass is 399 g/mol. The third kappa shape index (κ3) is 8.15. The first-order valence-corrected chi connectivity index (χ1v) is 11.5. The van der Waals surface area contributed by atoms with E-state index in [-0.39, 0.29) is 17.6 Å². The van der Waals surface area contributed by atoms with Gasteiger partial charge in [-0.05, 0) is 56.7 Å². The van der Waals surface area contributed by atoms with Gasteiger partial charge >= 0.3 is 0 Å². The molecule has 0 heterocycles. The van der Waals surface area contributed by atoms with E-state index in [4.69, 9.17) is 4.74 Å². The number of hydrogen-bond acceptors (Lipinski definition) is 4. The van der Waals surface area contributed by atoms with Crippen LogP contribution in [-0.2, 0) is 9.84 Å². The molecule has 1 unspecified atom stereocenters. The van der Waals surface area contributed by atoms with E-state index in [9.17, 15) is 12.8 Å². The molecule has 152 valence electrons. The van der Waals surface area contributed by atoms with E-state index in [0.29, 0.717) is 43.7 Å². The van der Waals surface area contributed by atoms with Crippen molar-refractivity contribution in [3.63, 3.8) is 0 Å². The maximum Gasteiger partial charge on any atom is 0.191 e. The molecule has 1 aromatic carbocycles. The van der Waals surface area contributed by atoms with Gasteiger partial charge in [-0.1, -0.05) is 6.07 Å². The van der Waals surface area contributed by atoms with Crippen molar-refractivity contribution in [1.82, 2.24) is 10.6 Å². The Balaban J connectivity index is 1.92. The molecular weight excluding hydrogens is 369 g/mol. The van der Waals surface area contributed by atoms with E-state index in [1.807, 2.05) is 19.9 Å². The van der Waals surface area contributed by atoms with Gasteiger partial charge in [0.15, 0.2) is 17.5 Å². The highest BCUT2D eigenvalue weighted by atomic mass is 32.2. The summed E-state index contributed by atoms with van der Waals surface area (Å²) in [6, 6.07) is 4.83. The Kier molecular flexibility index (Phi) is 7.89. The molecule has 1 aliphatic rings. The molecule has 0 bridgehead atoms. The van der Waals surface area contributed by atoms with Gasteiger partial charge in [-0.15, -0.1) is 0 Å². The number of nitrogens with one attached hydrogen (secondary N) is 2. The predicted molar refractivity (Wildman–Crippen MR) is 106 cm³/mol. The van der Waals surface area contributed by atoms with Crippen molar-refractivity contribution in [3.8, 4) is 5.75 Å². The van der Waals surface area contributed by atoms with Crippen LogP contribution in [0.5, 0.6) is 5.75 Å². The van der Waals surface area contributed by atoms with E-state index < -0.39 is 9.84 Å². The van der Waals surface area contributed by atoms with Gasteiger partial charge in [0.05, 0.1) is 18.4 Å². The van der Waals surface area contributed by atoms with Crippen LogP contribution in [0.25, 0.3) is 0 Å². The van der Waals surface area contributed by atoms with Gasteiger partial charge in [0.25, 0.3) is 0 Å². The summed E-state index contributed by atoms with van der Waals surface area (Å²) >= 11 is 0. The Hall–Kier alpha value is -1.83. The summed E-state index contributed by atoms with van der Waals surface area (Å²) in [6.45, 7) is 5.52. The largest absolute Gasteiger partial charge is 0.490 e. The molecular formula is C19H30FN3O3S. The smallest absolute Gasteiger partial charge is 0.191 e. The summed E-state index contributed by atoms with van der Waals surface area (Å²) in [4.78, 5) is 4.39. The number of sulfone groups is 1. The molecule has 1 aliphatic carbocycles. The Labute approximate surface area is 161 Å². The van der Waals surface area contributed by atoms with Crippen LogP contribution >= 0.6 is 0 Å². The lowest BCUT2D eigenvalue weighted by atomic mass is 10.1. The van der Waals surface area contributed by atoms with Gasteiger partial charge in [0, 0.05) is 19.3 Å². The molecule has 27 heavy (non-hydrogen) atoms. The quantitative estimate of drug-likeness (QED) is 0.359. The van der Waals surface area contributed by atoms with Crippen LogP contribution in [0.3, 0.4) is 0 Å². The Morgan fingerprint density at radius 1 is 1.41 bits per heavy atom. The van der Waals surface area contributed by atoms with E-state index >= 15 is 0 Å². The summed E-state index contributed by atoms with van der Waals surface area (Å²) in [7, 11) is -2.98. The predicted octanol–water partition coefficient (Wildman–Crippen LogP) is 2.67. The molecule has 1 aromatic rings. The van der Waals surface area contributed by atoms with Crippen LogP contribution in [0, 0.1) is 11.7 Å². The van der Waals surface area contributed by atoms with Gasteiger partial charge in [0.2, 0.25) is 0 Å². The summed E-state index contributed by atoms with van der Waals surface area (Å²) < 4.78 is 42.2. The van der Waals surface area contributed by atoms with Crippen LogP contribution < -0.4 is 15.4 Å². The highest BCUT2D eigenvalue weighted by Gasteiger charge is 2.22. The number of ether oxygens (including phenoxy) is 1. The second kappa shape index (κ2) is 9.92. The third-order valence-corrected chi connectivity index (χ3v) is 5.30. The molecule has 2 N–H and O–H groups in total. The van der Waals surface area contributed by atoms with Gasteiger partial charge < -0.3 is 15.4 Å². The van der Waals surface area contributed by atoms with Crippen molar-refractivity contribution < 1.29 is 17.5 Å². The van der Waals surface area contributed by atoms with Crippen molar-refractivity contribution in [2.45, 2.75) is 39.2 Å². The summed E-state index contributed by atoms with van der Waals surface area (Å²) in [5.74, 6) is 1.19. The van der Waals surface area contributed by atoms with Gasteiger partial charge in [-0.2, -0.15) is 0 Å². The molecule has 0 aromatic heterocycles. The van der Waals surface area contributed by atoms with Crippen LogP contribution in [-0.4, -0.2) is 46.1 Å². The van der Waals surface area contributed by atoms with Crippen LogP contribution in [0.15, 0.2) is 23.2 Å². The minimum Gasteiger partial charge on any atom is -0.490 e. The van der Waals surface area contributed by atoms with Gasteiger partial charge in [-0.25, -0.2) is 12.8 Å². The first-order chi connectivity index (χ1) is 12.8. The maximum atomic E-state index is 14.3. The number of nitrogens with zero attached hydrogens (tertiary/aromatic N) is 1. The zero-order chi connectivity index (χ0) is 19.9. The standard InChI is InChI=1S/C19H30FN3O3S/c1-4-21-19(22-10-5-11-27(3,24)25)23-14(2)16-8-9-18(17(20)12-16)26-13-15-6-7-15/h8-9,12,14-15H,4-7,10-11,13H2,1-3H3,(H2,21,22,23). The molecule has 8 heteroatoms. The lowest BCUT2D eigenvalue weighted by Gasteiger charge is -2.19. The molecule has 1 atom stereocenters. The number of hydrogen-bond donors (Lipinski definition) is 2. The first-order valence-electron chi connectivity index (χ1n) is 9.43. The second-order valence-corrected chi connectivity index (χ2v) is 9.31. The topological polar surface area (TPSA) is 79.8 Å². The fourth-order valence-electron chi connectivity index (χ4n) is 2.52. The van der Waals surface area contributed by atoms with E-state index in [2.05, 4.69) is 15.6 Å². The van der Waals surface area contributed by atoms with Gasteiger partial charge in [0.1, 0.15) is 9.84 Å². The fraction of sp³-hybridized carbons (Fsp3) is 0.632. The zero-order valence-corrected chi connectivity index (χ0v) is 17.1. The fourth-order valence-corrected chi connectivity index (χ4v) is 3.18. The molecule has 2 rings (SSSR count). The van der Waals surface area contributed by atoms with Crippen molar-refractivity contribution >= 4 is 15.8 Å². The first kappa shape index (κ1) is 21.5. The van der Waals surface area contributed by atoms with E-state index in [0.717, 1.165) is 18.4 Å². The van der Waals surface area contributed by atoms with Crippen LogP contribution in [0.1, 0.15) is 44.7 Å². The van der Waals surface area contributed by atoms with Crippen LogP contribution in [0.4, 0.5) is 4.39 Å². The summed E-state index contributed by atoms with van der Waals surface area (Å²) in [6.07, 6.45) is 4.01. The Morgan fingerprint density at radius 3 is 2.74 bits per heavy atom. The highest BCUT2D eigenvalue weighted by Crippen LogP contribution is 2.30. The second-order valence-electron chi connectivity index (χ2n) is 7.05. The average molecular weight is 400 g/mol. The molecule has 0 saturated heterocycles. The highest BCUT2D eigenvalue weighted by molar-refractivity contribution is 7.90. The number of rotatable bonds is 10. The summed E-state index contributed by atoms with van der Waals surface area (Å²) in [5.41, 5.74) is 0.785. The molecule has 0 amide bonds. The number of benzene rings is 1. The van der Waals surface area contributed by atoms with Gasteiger partial charge in [-0.3, -0.25) is 4.99 Å². The normalized spacial score (nSPS) is 16.1. The number of halogens is 1. The number of aliphatic imine (C=N–C) groups is 1. The minimum atomic E-state index is -2.98. The number of guanidine groups is 1. The van der Waals surface area contributed by atoms with Crippen molar-refractivity contribution in [3.05, 3.63) is 29.6 Å².